The summed E-state index contributed by atoms with van der Waals surface area (Å²) in [6.07, 6.45) is 4.71. The molecule has 0 aliphatic heterocycles. The zero-order chi connectivity index (χ0) is 11.7. The molecule has 1 unspecified atom stereocenters. The molecule has 2 rings (SSSR count). The van der Waals surface area contributed by atoms with Crippen molar-refractivity contribution in [3.63, 3.8) is 0 Å². The standard InChI is InChI=1S/C12H15NO3/c1-7(12(15)16)11-8-4-2-3-5-9(8)13-10(11)6-14/h6-7,13H,2-5H2,1H3,(H,15,16). The molecule has 0 saturated heterocycles. The lowest BCUT2D eigenvalue weighted by molar-refractivity contribution is -0.138. The number of aliphatic carboxylic acids is 1. The predicted octanol–water partition coefficient (Wildman–Crippen LogP) is 1.89. The zero-order valence-corrected chi connectivity index (χ0v) is 9.25. The summed E-state index contributed by atoms with van der Waals surface area (Å²) in [6.45, 7) is 1.63. The Morgan fingerprint density at radius 2 is 2.12 bits per heavy atom. The maximum absolute atomic E-state index is 11.0. The lowest BCUT2D eigenvalue weighted by atomic mass is 9.89. The molecule has 0 aromatic carbocycles. The van der Waals surface area contributed by atoms with Crippen molar-refractivity contribution in [3.05, 3.63) is 22.5 Å². The van der Waals surface area contributed by atoms with Gasteiger partial charge in [-0.05, 0) is 43.7 Å². The number of nitrogens with one attached hydrogen (secondary N) is 1. The summed E-state index contributed by atoms with van der Waals surface area (Å²) in [6, 6.07) is 0. The number of hydrogen-bond acceptors (Lipinski definition) is 2. The highest BCUT2D eigenvalue weighted by molar-refractivity contribution is 5.84. The number of carboxylic acids is 1. The van der Waals surface area contributed by atoms with E-state index in [1.54, 1.807) is 6.92 Å². The molecule has 1 aromatic rings. The van der Waals surface area contributed by atoms with Crippen LogP contribution in [0.3, 0.4) is 0 Å². The van der Waals surface area contributed by atoms with Crippen molar-refractivity contribution in [2.24, 2.45) is 0 Å². The number of aromatic nitrogens is 1. The van der Waals surface area contributed by atoms with Crippen molar-refractivity contribution < 1.29 is 14.7 Å². The van der Waals surface area contributed by atoms with E-state index in [9.17, 15) is 9.59 Å². The number of H-pyrrole nitrogens is 1. The van der Waals surface area contributed by atoms with Crippen molar-refractivity contribution in [1.82, 2.24) is 4.98 Å². The Morgan fingerprint density at radius 1 is 1.44 bits per heavy atom. The molecule has 16 heavy (non-hydrogen) atoms. The number of carbonyl (C=O) groups excluding carboxylic acids is 1. The van der Waals surface area contributed by atoms with Crippen molar-refractivity contribution in [2.75, 3.05) is 0 Å². The van der Waals surface area contributed by atoms with E-state index in [4.69, 9.17) is 5.11 Å². The van der Waals surface area contributed by atoms with E-state index >= 15 is 0 Å². The molecule has 0 radical (unpaired) electrons. The molecule has 4 nitrogen and oxygen atoms in total. The van der Waals surface area contributed by atoms with Crippen molar-refractivity contribution >= 4 is 12.3 Å². The molecule has 1 aliphatic carbocycles. The number of fused-ring (bicyclic) bond motifs is 1. The Hall–Kier alpha value is -1.58. The summed E-state index contributed by atoms with van der Waals surface area (Å²) in [5.74, 6) is -1.49. The van der Waals surface area contributed by atoms with Gasteiger partial charge in [0.25, 0.3) is 0 Å². The molecule has 2 N–H and O–H groups in total. The summed E-state index contributed by atoms with van der Waals surface area (Å²) in [4.78, 5) is 25.0. The highest BCUT2D eigenvalue weighted by Gasteiger charge is 2.26. The predicted molar refractivity (Wildman–Crippen MR) is 58.9 cm³/mol. The molecule has 0 fully saturated rings. The van der Waals surface area contributed by atoms with E-state index in [0.29, 0.717) is 11.3 Å². The number of rotatable bonds is 3. The highest BCUT2D eigenvalue weighted by Crippen LogP contribution is 2.31. The Kier molecular flexibility index (Phi) is 2.81. The van der Waals surface area contributed by atoms with Gasteiger partial charge in [-0.3, -0.25) is 9.59 Å². The average Bonchev–Trinajstić information content (AvgIpc) is 2.66. The van der Waals surface area contributed by atoms with Crippen LogP contribution in [-0.2, 0) is 17.6 Å². The number of carboxylic acid groups (broad SMARTS) is 1. The number of aromatic amines is 1. The second-order valence-corrected chi connectivity index (χ2v) is 4.29. The second-order valence-electron chi connectivity index (χ2n) is 4.29. The Bertz CT molecular complexity index is 434. The molecule has 1 aromatic heterocycles. The van der Waals surface area contributed by atoms with Gasteiger partial charge in [0, 0.05) is 5.69 Å². The first kappa shape index (κ1) is 10.9. The van der Waals surface area contributed by atoms with Crippen LogP contribution in [0.25, 0.3) is 0 Å². The average molecular weight is 221 g/mol. The smallest absolute Gasteiger partial charge is 0.310 e. The quantitative estimate of drug-likeness (QED) is 0.766. The van der Waals surface area contributed by atoms with E-state index in [0.717, 1.165) is 43.2 Å². The minimum Gasteiger partial charge on any atom is -0.481 e. The van der Waals surface area contributed by atoms with Gasteiger partial charge in [-0.2, -0.15) is 0 Å². The van der Waals surface area contributed by atoms with Gasteiger partial charge >= 0.3 is 5.97 Å². The summed E-state index contributed by atoms with van der Waals surface area (Å²) >= 11 is 0. The van der Waals surface area contributed by atoms with Gasteiger partial charge < -0.3 is 10.1 Å². The van der Waals surface area contributed by atoms with Gasteiger partial charge in [0.05, 0.1) is 11.6 Å². The Labute approximate surface area is 93.7 Å². The highest BCUT2D eigenvalue weighted by atomic mass is 16.4. The van der Waals surface area contributed by atoms with E-state index in [-0.39, 0.29) is 0 Å². The summed E-state index contributed by atoms with van der Waals surface area (Å²) in [5, 5.41) is 9.05. The first-order chi connectivity index (χ1) is 7.65. The van der Waals surface area contributed by atoms with Gasteiger partial charge in [0.1, 0.15) is 0 Å². The molecule has 0 spiro atoms. The largest absolute Gasteiger partial charge is 0.481 e. The lowest BCUT2D eigenvalue weighted by Gasteiger charge is -2.14. The maximum atomic E-state index is 11.0. The molecule has 0 amide bonds. The van der Waals surface area contributed by atoms with Crippen LogP contribution in [0.5, 0.6) is 0 Å². The Balaban J connectivity index is 2.52. The molecule has 86 valence electrons. The molecule has 0 bridgehead atoms. The molecule has 1 heterocycles. The molecular formula is C12H15NO3. The SMILES string of the molecule is CC(C(=O)O)c1c(C=O)[nH]c2c1CCCC2. The summed E-state index contributed by atoms with van der Waals surface area (Å²) in [7, 11) is 0. The van der Waals surface area contributed by atoms with Crippen LogP contribution in [0.4, 0.5) is 0 Å². The normalized spacial score (nSPS) is 16.6. The number of hydrogen-bond donors (Lipinski definition) is 2. The van der Waals surface area contributed by atoms with Gasteiger partial charge in [-0.1, -0.05) is 0 Å². The van der Waals surface area contributed by atoms with Crippen molar-refractivity contribution in [1.29, 1.82) is 0 Å². The van der Waals surface area contributed by atoms with E-state index in [1.807, 2.05) is 0 Å². The number of carbonyl (C=O) groups is 2. The first-order valence-corrected chi connectivity index (χ1v) is 5.56. The molecule has 0 saturated carbocycles. The van der Waals surface area contributed by atoms with Crippen LogP contribution >= 0.6 is 0 Å². The van der Waals surface area contributed by atoms with Gasteiger partial charge in [-0.25, -0.2) is 0 Å². The zero-order valence-electron chi connectivity index (χ0n) is 9.25. The number of aldehydes is 1. The second kappa shape index (κ2) is 4.12. The van der Waals surface area contributed by atoms with Gasteiger partial charge in [0.2, 0.25) is 0 Å². The summed E-state index contributed by atoms with van der Waals surface area (Å²) < 4.78 is 0. The topological polar surface area (TPSA) is 70.2 Å². The maximum Gasteiger partial charge on any atom is 0.310 e. The minimum atomic E-state index is -0.879. The summed E-state index contributed by atoms with van der Waals surface area (Å²) in [5.41, 5.74) is 3.25. The molecule has 1 aliphatic rings. The van der Waals surface area contributed by atoms with E-state index < -0.39 is 11.9 Å². The van der Waals surface area contributed by atoms with E-state index in [2.05, 4.69) is 4.98 Å². The van der Waals surface area contributed by atoms with Gasteiger partial charge in [0.15, 0.2) is 6.29 Å². The Morgan fingerprint density at radius 3 is 2.75 bits per heavy atom. The van der Waals surface area contributed by atoms with Crippen LogP contribution < -0.4 is 0 Å². The fourth-order valence-corrected chi connectivity index (χ4v) is 2.44. The molecule has 4 heteroatoms. The third-order valence-electron chi connectivity index (χ3n) is 3.29. The fraction of sp³-hybridized carbons (Fsp3) is 0.500. The van der Waals surface area contributed by atoms with Gasteiger partial charge in [-0.15, -0.1) is 0 Å². The lowest BCUT2D eigenvalue weighted by Crippen LogP contribution is -2.12. The van der Waals surface area contributed by atoms with Crippen LogP contribution in [0, 0.1) is 0 Å². The molecular weight excluding hydrogens is 206 g/mol. The van der Waals surface area contributed by atoms with Crippen molar-refractivity contribution in [2.45, 2.75) is 38.5 Å². The minimum absolute atomic E-state index is 0.446. The van der Waals surface area contributed by atoms with Crippen LogP contribution in [0.1, 0.15) is 53.0 Å². The monoisotopic (exact) mass is 221 g/mol. The van der Waals surface area contributed by atoms with Crippen LogP contribution in [-0.4, -0.2) is 22.3 Å². The third kappa shape index (κ3) is 1.64. The third-order valence-corrected chi connectivity index (χ3v) is 3.29. The van der Waals surface area contributed by atoms with Crippen LogP contribution in [0.15, 0.2) is 0 Å². The van der Waals surface area contributed by atoms with Crippen LogP contribution in [0.2, 0.25) is 0 Å². The number of aryl methyl sites for hydroxylation is 1. The van der Waals surface area contributed by atoms with Crippen molar-refractivity contribution in [3.8, 4) is 0 Å². The van der Waals surface area contributed by atoms with E-state index in [1.165, 1.54) is 0 Å². The molecule has 1 atom stereocenters. The first-order valence-electron chi connectivity index (χ1n) is 5.56. The fourth-order valence-electron chi connectivity index (χ4n) is 2.44.